The summed E-state index contributed by atoms with van der Waals surface area (Å²) in [6.45, 7) is 1.67. The lowest BCUT2D eigenvalue weighted by atomic mass is 10.2. The van der Waals surface area contributed by atoms with E-state index in [1.807, 2.05) is 30.6 Å². The molecule has 0 unspecified atom stereocenters. The molecule has 0 aliphatic rings. The number of nitrogens with one attached hydrogen (secondary N) is 1. The highest BCUT2D eigenvalue weighted by atomic mass is 35.5. The highest BCUT2D eigenvalue weighted by Gasteiger charge is 1.93. The van der Waals surface area contributed by atoms with Crippen LogP contribution in [0.2, 0.25) is 0 Å². The van der Waals surface area contributed by atoms with Crippen molar-refractivity contribution >= 4 is 12.4 Å². The first-order chi connectivity index (χ1) is 7.45. The molecule has 1 heterocycles. The predicted molar refractivity (Wildman–Crippen MR) is 66.3 cm³/mol. The maximum Gasteiger partial charge on any atom is 0.115 e. The van der Waals surface area contributed by atoms with E-state index in [0.29, 0.717) is 0 Å². The quantitative estimate of drug-likeness (QED) is 0.883. The molecule has 0 bridgehead atoms. The second-order valence-corrected chi connectivity index (χ2v) is 3.34. The second kappa shape index (κ2) is 6.93. The van der Waals surface area contributed by atoms with Crippen LogP contribution in [-0.4, -0.2) is 9.97 Å². The van der Waals surface area contributed by atoms with E-state index in [1.54, 1.807) is 6.33 Å². The Hall–Kier alpha value is -1.45. The summed E-state index contributed by atoms with van der Waals surface area (Å²) >= 11 is 0. The zero-order chi connectivity index (χ0) is 10.3. The molecule has 0 radical (unpaired) electrons. The molecule has 0 atom stereocenters. The van der Waals surface area contributed by atoms with Crippen molar-refractivity contribution in [3.8, 4) is 0 Å². The van der Waals surface area contributed by atoms with Crippen LogP contribution in [0, 0.1) is 0 Å². The summed E-state index contributed by atoms with van der Waals surface area (Å²) < 4.78 is 0. The van der Waals surface area contributed by atoms with E-state index in [1.165, 1.54) is 5.56 Å². The largest absolute Gasteiger partial charge is 0.309 e. The number of benzene rings is 1. The van der Waals surface area contributed by atoms with Crippen LogP contribution in [0.25, 0.3) is 0 Å². The maximum atomic E-state index is 3.96. The molecule has 4 heteroatoms. The molecule has 2 rings (SSSR count). The lowest BCUT2D eigenvalue weighted by Gasteiger charge is -2.03. The molecule has 0 aliphatic heterocycles. The summed E-state index contributed by atoms with van der Waals surface area (Å²) in [5, 5.41) is 3.34. The second-order valence-electron chi connectivity index (χ2n) is 3.34. The van der Waals surface area contributed by atoms with Crippen molar-refractivity contribution in [1.29, 1.82) is 0 Å². The smallest absolute Gasteiger partial charge is 0.115 e. The Morgan fingerprint density at radius 2 is 1.50 bits per heavy atom. The third-order valence-corrected chi connectivity index (χ3v) is 2.12. The minimum atomic E-state index is 0. The van der Waals surface area contributed by atoms with Gasteiger partial charge in [0.05, 0.1) is 0 Å². The highest BCUT2D eigenvalue weighted by Crippen LogP contribution is 1.98. The Kier molecular flexibility index (Phi) is 5.46. The van der Waals surface area contributed by atoms with Crippen LogP contribution in [0.1, 0.15) is 11.1 Å². The molecule has 0 spiro atoms. The van der Waals surface area contributed by atoms with Crippen LogP contribution in [0.5, 0.6) is 0 Å². The zero-order valence-corrected chi connectivity index (χ0v) is 9.65. The zero-order valence-electron chi connectivity index (χ0n) is 8.84. The van der Waals surface area contributed by atoms with E-state index in [2.05, 4.69) is 27.4 Å². The van der Waals surface area contributed by atoms with Crippen molar-refractivity contribution in [2.75, 3.05) is 0 Å². The van der Waals surface area contributed by atoms with Crippen LogP contribution in [0.4, 0.5) is 0 Å². The fourth-order valence-corrected chi connectivity index (χ4v) is 1.37. The van der Waals surface area contributed by atoms with Gasteiger partial charge in [0, 0.05) is 31.0 Å². The topological polar surface area (TPSA) is 37.8 Å². The molecule has 0 saturated carbocycles. The van der Waals surface area contributed by atoms with Crippen molar-refractivity contribution in [1.82, 2.24) is 15.3 Å². The number of hydrogen-bond donors (Lipinski definition) is 1. The van der Waals surface area contributed by atoms with Crippen LogP contribution in [-0.2, 0) is 13.1 Å². The third-order valence-electron chi connectivity index (χ3n) is 2.12. The lowest BCUT2D eigenvalue weighted by Crippen LogP contribution is -2.12. The molecule has 1 N–H and O–H groups in total. The van der Waals surface area contributed by atoms with Crippen LogP contribution in [0.3, 0.4) is 0 Å². The van der Waals surface area contributed by atoms with E-state index >= 15 is 0 Å². The molecule has 0 aliphatic carbocycles. The van der Waals surface area contributed by atoms with Gasteiger partial charge in [-0.25, -0.2) is 9.97 Å². The average Bonchev–Trinajstić information content (AvgIpc) is 2.32. The first kappa shape index (κ1) is 12.6. The average molecular weight is 236 g/mol. The normalized spacial score (nSPS) is 9.50. The first-order valence-electron chi connectivity index (χ1n) is 4.94. The Bertz CT molecular complexity index is 352. The van der Waals surface area contributed by atoms with Gasteiger partial charge in [-0.3, -0.25) is 0 Å². The van der Waals surface area contributed by atoms with Crippen molar-refractivity contribution in [3.05, 3.63) is 60.2 Å². The lowest BCUT2D eigenvalue weighted by molar-refractivity contribution is 0.689. The molecule has 2 aromatic rings. The molecule has 0 saturated heterocycles. The van der Waals surface area contributed by atoms with E-state index in [-0.39, 0.29) is 12.4 Å². The van der Waals surface area contributed by atoms with Gasteiger partial charge in [0.2, 0.25) is 0 Å². The van der Waals surface area contributed by atoms with Crippen molar-refractivity contribution in [3.63, 3.8) is 0 Å². The van der Waals surface area contributed by atoms with Gasteiger partial charge in [0.15, 0.2) is 0 Å². The summed E-state index contributed by atoms with van der Waals surface area (Å²) in [5.74, 6) is 0. The molecule has 1 aromatic heterocycles. The predicted octanol–water partition coefficient (Wildman–Crippen LogP) is 2.19. The van der Waals surface area contributed by atoms with Gasteiger partial charge in [-0.15, -0.1) is 12.4 Å². The molecule has 0 fully saturated rings. The Morgan fingerprint density at radius 1 is 0.875 bits per heavy atom. The standard InChI is InChI=1S/C12H13N3.ClH/c1-2-4-11(5-3-1)6-13-7-12-8-14-10-15-9-12;/h1-5,8-10,13H,6-7H2;1H. The van der Waals surface area contributed by atoms with E-state index in [9.17, 15) is 0 Å². The van der Waals surface area contributed by atoms with Crippen LogP contribution < -0.4 is 5.32 Å². The Morgan fingerprint density at radius 3 is 2.19 bits per heavy atom. The molecule has 3 nitrogen and oxygen atoms in total. The van der Waals surface area contributed by atoms with Gasteiger partial charge in [-0.2, -0.15) is 0 Å². The third kappa shape index (κ3) is 3.96. The van der Waals surface area contributed by atoms with Gasteiger partial charge in [0.1, 0.15) is 6.33 Å². The number of rotatable bonds is 4. The molecular formula is C12H14ClN3. The minimum absolute atomic E-state index is 0. The highest BCUT2D eigenvalue weighted by molar-refractivity contribution is 5.85. The fourth-order valence-electron chi connectivity index (χ4n) is 1.37. The van der Waals surface area contributed by atoms with Gasteiger partial charge >= 0.3 is 0 Å². The molecule has 16 heavy (non-hydrogen) atoms. The maximum absolute atomic E-state index is 3.96. The van der Waals surface area contributed by atoms with E-state index < -0.39 is 0 Å². The summed E-state index contributed by atoms with van der Waals surface area (Å²) in [6, 6.07) is 10.3. The number of aromatic nitrogens is 2. The summed E-state index contributed by atoms with van der Waals surface area (Å²) in [7, 11) is 0. The van der Waals surface area contributed by atoms with Crippen LogP contribution >= 0.6 is 12.4 Å². The monoisotopic (exact) mass is 235 g/mol. The van der Waals surface area contributed by atoms with Gasteiger partial charge in [-0.1, -0.05) is 30.3 Å². The summed E-state index contributed by atoms with van der Waals surface area (Å²) in [4.78, 5) is 7.92. The van der Waals surface area contributed by atoms with Crippen molar-refractivity contribution in [2.45, 2.75) is 13.1 Å². The molecule has 1 aromatic carbocycles. The SMILES string of the molecule is Cl.c1ccc(CNCc2cncnc2)cc1. The summed E-state index contributed by atoms with van der Waals surface area (Å²) in [6.07, 6.45) is 5.19. The Balaban J connectivity index is 0.00000128. The first-order valence-corrected chi connectivity index (χ1v) is 4.94. The van der Waals surface area contributed by atoms with Crippen molar-refractivity contribution < 1.29 is 0 Å². The molecule has 0 amide bonds. The Labute approximate surface area is 101 Å². The van der Waals surface area contributed by atoms with E-state index in [0.717, 1.165) is 18.7 Å². The molecular weight excluding hydrogens is 222 g/mol. The van der Waals surface area contributed by atoms with Gasteiger partial charge in [-0.05, 0) is 5.56 Å². The summed E-state index contributed by atoms with van der Waals surface area (Å²) in [5.41, 5.74) is 2.39. The van der Waals surface area contributed by atoms with E-state index in [4.69, 9.17) is 0 Å². The number of hydrogen-bond acceptors (Lipinski definition) is 3. The number of halogens is 1. The fraction of sp³-hybridized carbons (Fsp3) is 0.167. The van der Waals surface area contributed by atoms with Crippen LogP contribution in [0.15, 0.2) is 49.1 Å². The number of nitrogens with zero attached hydrogens (tertiary/aromatic N) is 2. The van der Waals surface area contributed by atoms with Gasteiger partial charge < -0.3 is 5.32 Å². The minimum Gasteiger partial charge on any atom is -0.309 e. The van der Waals surface area contributed by atoms with Gasteiger partial charge in [0.25, 0.3) is 0 Å². The van der Waals surface area contributed by atoms with Crippen molar-refractivity contribution in [2.24, 2.45) is 0 Å². The molecule has 84 valence electrons.